The number of hydrogen-bond acceptors (Lipinski definition) is 5. The number of hydrogen-bond donors (Lipinski definition) is 1. The number of allylic oxidation sites excluding steroid dienone is 2. The van der Waals surface area contributed by atoms with E-state index in [1.807, 2.05) is 6.92 Å². The maximum atomic E-state index is 13.1. The number of sulfonamides is 1. The third-order valence-electron chi connectivity index (χ3n) is 4.93. The van der Waals surface area contributed by atoms with Crippen molar-refractivity contribution in [3.05, 3.63) is 84.6 Å². The molecule has 2 aromatic rings. The Kier molecular flexibility index (Phi) is 6.40. The molecule has 1 unspecified atom stereocenters. The summed E-state index contributed by atoms with van der Waals surface area (Å²) < 4.78 is 30.8. The lowest BCUT2D eigenvalue weighted by atomic mass is 10.0. The molecule has 1 aromatic heterocycles. The van der Waals surface area contributed by atoms with E-state index in [-0.39, 0.29) is 30.2 Å². The first-order chi connectivity index (χ1) is 15.0. The number of amides is 2. The van der Waals surface area contributed by atoms with Gasteiger partial charge in [0.05, 0.1) is 30.0 Å². The van der Waals surface area contributed by atoms with Gasteiger partial charge in [-0.05, 0) is 48.4 Å². The van der Waals surface area contributed by atoms with E-state index in [2.05, 4.69) is 17.9 Å². The number of nitrogens with one attached hydrogen (secondary N) is 1. The van der Waals surface area contributed by atoms with E-state index in [9.17, 15) is 18.0 Å². The Hall–Kier alpha value is -3.59. The van der Waals surface area contributed by atoms with Crippen molar-refractivity contribution >= 4 is 33.1 Å². The number of anilines is 1. The first-order valence-corrected chi connectivity index (χ1v) is 11.7. The Balaban J connectivity index is 2.02. The van der Waals surface area contributed by atoms with E-state index in [1.54, 1.807) is 42.5 Å². The van der Waals surface area contributed by atoms with Crippen LogP contribution in [-0.4, -0.2) is 48.9 Å². The predicted octanol–water partition coefficient (Wildman–Crippen LogP) is 3.45. The summed E-state index contributed by atoms with van der Waals surface area (Å²) in [5, 5.41) is 0. The molecule has 0 spiro atoms. The van der Waals surface area contributed by atoms with Gasteiger partial charge in [-0.1, -0.05) is 25.3 Å². The van der Waals surface area contributed by atoms with E-state index >= 15 is 0 Å². The molecule has 1 N–H and O–H groups in total. The molecule has 1 aliphatic rings. The lowest BCUT2D eigenvalue weighted by molar-refractivity contribution is -0.129. The minimum atomic E-state index is -3.44. The van der Waals surface area contributed by atoms with Gasteiger partial charge in [-0.3, -0.25) is 14.3 Å². The third-order valence-corrected chi connectivity index (χ3v) is 5.54. The largest absolute Gasteiger partial charge is 0.459 e. The predicted molar refractivity (Wildman–Crippen MR) is 123 cm³/mol. The third kappa shape index (κ3) is 5.00. The maximum absolute atomic E-state index is 13.1. The lowest BCUT2D eigenvalue weighted by Gasteiger charge is -2.42. The van der Waals surface area contributed by atoms with Gasteiger partial charge in [0.25, 0.3) is 5.91 Å². The van der Waals surface area contributed by atoms with Crippen LogP contribution in [0.3, 0.4) is 0 Å². The first kappa shape index (κ1) is 23.1. The lowest BCUT2D eigenvalue weighted by Crippen LogP contribution is -2.52. The summed E-state index contributed by atoms with van der Waals surface area (Å²) in [5.41, 5.74) is 2.30. The van der Waals surface area contributed by atoms with Gasteiger partial charge in [0.2, 0.25) is 15.9 Å². The molecule has 1 aliphatic heterocycles. The van der Waals surface area contributed by atoms with Crippen LogP contribution in [0.4, 0.5) is 5.69 Å². The number of nitrogens with zero attached hydrogens (tertiary/aromatic N) is 2. The summed E-state index contributed by atoms with van der Waals surface area (Å²) in [4.78, 5) is 28.4. The highest BCUT2D eigenvalue weighted by Crippen LogP contribution is 2.31. The van der Waals surface area contributed by atoms with Crippen molar-refractivity contribution in [2.75, 3.05) is 17.5 Å². The fraction of sp³-hybridized carbons (Fsp3) is 0.217. The van der Waals surface area contributed by atoms with E-state index in [1.165, 1.54) is 23.0 Å². The topological polar surface area (TPSA) is 99.9 Å². The minimum Gasteiger partial charge on any atom is -0.459 e. The minimum absolute atomic E-state index is 0.164. The average molecular weight is 456 g/mol. The number of benzene rings is 1. The molecule has 0 aliphatic carbocycles. The Morgan fingerprint density at radius 3 is 2.56 bits per heavy atom. The van der Waals surface area contributed by atoms with Gasteiger partial charge in [0.1, 0.15) is 0 Å². The Labute approximate surface area is 187 Å². The fourth-order valence-electron chi connectivity index (χ4n) is 3.62. The summed E-state index contributed by atoms with van der Waals surface area (Å²) in [6.07, 6.45) is 4.14. The van der Waals surface area contributed by atoms with Crippen molar-refractivity contribution in [2.24, 2.45) is 0 Å². The molecule has 1 atom stereocenters. The number of rotatable bonds is 5. The molecule has 1 saturated heterocycles. The molecule has 0 bridgehead atoms. The Morgan fingerprint density at radius 1 is 1.25 bits per heavy atom. The van der Waals surface area contributed by atoms with Crippen molar-refractivity contribution in [1.29, 1.82) is 0 Å². The van der Waals surface area contributed by atoms with Gasteiger partial charge in [0, 0.05) is 19.2 Å². The zero-order chi connectivity index (χ0) is 23.6. The maximum Gasteiger partial charge on any atom is 0.294 e. The Bertz CT molecular complexity index is 1210. The monoisotopic (exact) mass is 455 g/mol. The SMILES string of the molecule is C=C(/C=C1\C(=C)N(C(C)=O)C(C)CN1C(=O)c1ccco1)c1cccc(NS(C)(=O)=O)c1. The number of piperazine rings is 1. The second-order valence-corrected chi connectivity index (χ2v) is 9.34. The van der Waals surface area contributed by atoms with Crippen LogP contribution in [0.2, 0.25) is 0 Å². The molecule has 2 heterocycles. The number of furan rings is 1. The summed E-state index contributed by atoms with van der Waals surface area (Å²) in [7, 11) is -3.44. The molecule has 1 aromatic carbocycles. The molecule has 3 rings (SSSR count). The van der Waals surface area contributed by atoms with Crippen LogP contribution in [-0.2, 0) is 14.8 Å². The summed E-state index contributed by atoms with van der Waals surface area (Å²) in [5.74, 6) is -0.390. The van der Waals surface area contributed by atoms with Gasteiger partial charge in [-0.15, -0.1) is 0 Å². The molecule has 9 heteroatoms. The van der Waals surface area contributed by atoms with Gasteiger partial charge < -0.3 is 14.2 Å². The van der Waals surface area contributed by atoms with Crippen molar-refractivity contribution in [3.63, 3.8) is 0 Å². The molecule has 0 radical (unpaired) electrons. The van der Waals surface area contributed by atoms with Crippen LogP contribution >= 0.6 is 0 Å². The van der Waals surface area contributed by atoms with Crippen molar-refractivity contribution < 1.29 is 22.4 Å². The van der Waals surface area contributed by atoms with Crippen molar-refractivity contribution in [3.8, 4) is 0 Å². The van der Waals surface area contributed by atoms with Crippen molar-refractivity contribution in [1.82, 2.24) is 9.80 Å². The smallest absolute Gasteiger partial charge is 0.294 e. The van der Waals surface area contributed by atoms with Crippen LogP contribution in [0.25, 0.3) is 5.57 Å². The van der Waals surface area contributed by atoms with E-state index in [0.29, 0.717) is 28.2 Å². The summed E-state index contributed by atoms with van der Waals surface area (Å²) in [6.45, 7) is 11.7. The second kappa shape index (κ2) is 8.88. The van der Waals surface area contributed by atoms with Crippen molar-refractivity contribution in [2.45, 2.75) is 19.9 Å². The zero-order valence-corrected chi connectivity index (χ0v) is 19.0. The van der Waals surface area contributed by atoms with Crippen LogP contribution in [0.5, 0.6) is 0 Å². The van der Waals surface area contributed by atoms with E-state index in [0.717, 1.165) is 6.26 Å². The van der Waals surface area contributed by atoms with Crippen LogP contribution in [0.1, 0.15) is 30.0 Å². The molecule has 0 saturated carbocycles. The summed E-state index contributed by atoms with van der Waals surface area (Å²) >= 11 is 0. The highest BCUT2D eigenvalue weighted by molar-refractivity contribution is 7.92. The van der Waals surface area contributed by atoms with Gasteiger partial charge in [-0.2, -0.15) is 0 Å². The van der Waals surface area contributed by atoms with Gasteiger partial charge >= 0.3 is 0 Å². The zero-order valence-electron chi connectivity index (χ0n) is 18.2. The molecule has 32 heavy (non-hydrogen) atoms. The molecule has 8 nitrogen and oxygen atoms in total. The highest BCUT2D eigenvalue weighted by Gasteiger charge is 2.36. The number of carbonyl (C=O) groups excluding carboxylic acids is 2. The number of carbonyl (C=O) groups is 2. The van der Waals surface area contributed by atoms with Crippen LogP contribution in [0, 0.1) is 0 Å². The quantitative estimate of drug-likeness (QED) is 0.744. The molecular weight excluding hydrogens is 430 g/mol. The summed E-state index contributed by atoms with van der Waals surface area (Å²) in [6, 6.07) is 9.62. The molecule has 2 amide bonds. The van der Waals surface area contributed by atoms with Crippen LogP contribution < -0.4 is 4.72 Å². The van der Waals surface area contributed by atoms with Gasteiger partial charge in [0.15, 0.2) is 5.76 Å². The average Bonchev–Trinajstić information content (AvgIpc) is 3.22. The standard InChI is InChI=1S/C23H25N3O5S/c1-15(19-8-6-9-20(13-19)24-32(5,29)30)12-21-17(3)26(18(4)27)16(2)14-25(21)23(28)22-10-7-11-31-22/h6-13,16,24H,1,3,14H2,2,4-5H3/b21-12+. The van der Waals surface area contributed by atoms with E-state index < -0.39 is 10.0 Å². The molecule has 168 valence electrons. The van der Waals surface area contributed by atoms with E-state index in [4.69, 9.17) is 4.42 Å². The fourth-order valence-corrected chi connectivity index (χ4v) is 4.18. The molecular formula is C23H25N3O5S. The van der Waals surface area contributed by atoms with Gasteiger partial charge in [-0.25, -0.2) is 8.42 Å². The Morgan fingerprint density at radius 2 is 1.97 bits per heavy atom. The molecule has 1 fully saturated rings. The highest BCUT2D eigenvalue weighted by atomic mass is 32.2. The first-order valence-electron chi connectivity index (χ1n) is 9.81. The normalized spacial score (nSPS) is 18.0. The second-order valence-electron chi connectivity index (χ2n) is 7.59. The van der Waals surface area contributed by atoms with Crippen LogP contribution in [0.15, 0.2) is 77.7 Å².